The van der Waals surface area contributed by atoms with E-state index in [0.717, 1.165) is 29.8 Å². The number of nitrogens with zero attached hydrogens (tertiary/aromatic N) is 3. The van der Waals surface area contributed by atoms with E-state index in [0.29, 0.717) is 38.1 Å². The number of aryl methyl sites for hydroxylation is 2. The fraction of sp³-hybridized carbons (Fsp3) is 0.500. The minimum Gasteiger partial charge on any atom is -0.351 e. The minimum atomic E-state index is -0.245. The van der Waals surface area contributed by atoms with E-state index in [1.165, 1.54) is 5.01 Å². The zero-order chi connectivity index (χ0) is 19.4. The number of hydrazone groups is 1. The van der Waals surface area contributed by atoms with Crippen LogP contribution < -0.4 is 10.3 Å². The normalized spacial score (nSPS) is 17.3. The molecule has 0 bridgehead atoms. The molecule has 144 valence electrons. The number of benzene rings is 1. The monoisotopic (exact) mass is 370 g/mol. The number of hydrogen-bond acceptors (Lipinski definition) is 4. The molecule has 0 spiro atoms. The molecule has 2 heterocycles. The van der Waals surface area contributed by atoms with E-state index in [1.54, 1.807) is 0 Å². The Morgan fingerprint density at radius 3 is 2.70 bits per heavy atom. The second-order valence-corrected chi connectivity index (χ2v) is 7.14. The molecule has 0 saturated carbocycles. The van der Waals surface area contributed by atoms with Gasteiger partial charge in [0, 0.05) is 38.9 Å². The van der Waals surface area contributed by atoms with Crippen LogP contribution in [0.5, 0.6) is 0 Å². The van der Waals surface area contributed by atoms with Gasteiger partial charge < -0.3 is 10.2 Å². The van der Waals surface area contributed by atoms with E-state index in [2.05, 4.69) is 10.4 Å². The maximum atomic E-state index is 12.4. The molecule has 1 aromatic rings. The average molecular weight is 370 g/mol. The van der Waals surface area contributed by atoms with E-state index < -0.39 is 0 Å². The highest BCUT2D eigenvalue weighted by Gasteiger charge is 2.26. The Bertz CT molecular complexity index is 787. The number of anilines is 1. The summed E-state index contributed by atoms with van der Waals surface area (Å²) in [6, 6.07) is 5.84. The first kappa shape index (κ1) is 19.1. The van der Waals surface area contributed by atoms with E-state index in [1.807, 2.05) is 36.9 Å². The van der Waals surface area contributed by atoms with Gasteiger partial charge in [0.15, 0.2) is 0 Å². The molecule has 3 rings (SSSR count). The summed E-state index contributed by atoms with van der Waals surface area (Å²) >= 11 is 0. The zero-order valence-corrected chi connectivity index (χ0v) is 16.0. The topological polar surface area (TPSA) is 82.1 Å². The van der Waals surface area contributed by atoms with Crippen LogP contribution in [0.15, 0.2) is 23.3 Å². The van der Waals surface area contributed by atoms with Crippen LogP contribution in [0.4, 0.5) is 5.69 Å². The molecule has 0 aliphatic carbocycles. The number of rotatable bonds is 6. The molecule has 1 aromatic carbocycles. The van der Waals surface area contributed by atoms with Gasteiger partial charge >= 0.3 is 0 Å². The molecule has 7 nitrogen and oxygen atoms in total. The Balaban J connectivity index is 1.59. The Kier molecular flexibility index (Phi) is 5.88. The molecule has 1 fully saturated rings. The smallest absolute Gasteiger partial charge is 0.267 e. The third-order valence-electron chi connectivity index (χ3n) is 4.95. The van der Waals surface area contributed by atoms with Crippen molar-refractivity contribution in [3.8, 4) is 0 Å². The van der Waals surface area contributed by atoms with Crippen molar-refractivity contribution in [1.29, 1.82) is 0 Å². The van der Waals surface area contributed by atoms with E-state index in [-0.39, 0.29) is 24.1 Å². The Morgan fingerprint density at radius 2 is 1.96 bits per heavy atom. The van der Waals surface area contributed by atoms with Crippen molar-refractivity contribution in [1.82, 2.24) is 10.2 Å². The Hall–Kier alpha value is -2.70. The van der Waals surface area contributed by atoms with Gasteiger partial charge in [-0.25, -0.2) is 5.01 Å². The van der Waals surface area contributed by atoms with Crippen molar-refractivity contribution < 1.29 is 14.4 Å². The first-order valence-electron chi connectivity index (χ1n) is 9.49. The van der Waals surface area contributed by atoms with Crippen molar-refractivity contribution >= 4 is 29.1 Å². The van der Waals surface area contributed by atoms with Crippen molar-refractivity contribution in [3.05, 3.63) is 29.3 Å². The minimum absolute atomic E-state index is 0.104. The molecular formula is C20H26N4O3. The summed E-state index contributed by atoms with van der Waals surface area (Å²) in [7, 11) is 0. The highest BCUT2D eigenvalue weighted by molar-refractivity contribution is 6.40. The van der Waals surface area contributed by atoms with Gasteiger partial charge in [-0.1, -0.05) is 12.1 Å². The number of likely N-dealkylation sites (tertiary alicyclic amines) is 1. The van der Waals surface area contributed by atoms with Crippen molar-refractivity contribution in [2.24, 2.45) is 5.10 Å². The summed E-state index contributed by atoms with van der Waals surface area (Å²) < 4.78 is 0. The second kappa shape index (κ2) is 8.33. The summed E-state index contributed by atoms with van der Waals surface area (Å²) in [6.45, 7) is 5.84. The summed E-state index contributed by atoms with van der Waals surface area (Å²) in [5.74, 6) is -0.154. The van der Waals surface area contributed by atoms with Crippen LogP contribution in [0, 0.1) is 13.8 Å². The first-order valence-corrected chi connectivity index (χ1v) is 9.49. The summed E-state index contributed by atoms with van der Waals surface area (Å²) in [4.78, 5) is 38.2. The molecular weight excluding hydrogens is 344 g/mol. The lowest BCUT2D eigenvalue weighted by Crippen LogP contribution is -2.40. The molecule has 2 aliphatic rings. The van der Waals surface area contributed by atoms with E-state index >= 15 is 0 Å². The van der Waals surface area contributed by atoms with Crippen LogP contribution in [0.2, 0.25) is 0 Å². The average Bonchev–Trinajstić information content (AvgIpc) is 3.06. The number of nitrogens with one attached hydrogen (secondary N) is 1. The molecule has 0 aromatic heterocycles. The maximum Gasteiger partial charge on any atom is 0.267 e. The lowest BCUT2D eigenvalue weighted by atomic mass is 10.1. The molecule has 0 atom stereocenters. The predicted molar refractivity (Wildman–Crippen MR) is 104 cm³/mol. The molecule has 27 heavy (non-hydrogen) atoms. The van der Waals surface area contributed by atoms with E-state index in [9.17, 15) is 14.4 Å². The van der Waals surface area contributed by atoms with Gasteiger partial charge in [0.05, 0.1) is 5.69 Å². The van der Waals surface area contributed by atoms with Gasteiger partial charge in [0.25, 0.3) is 5.91 Å². The van der Waals surface area contributed by atoms with Gasteiger partial charge in [-0.05, 0) is 43.9 Å². The van der Waals surface area contributed by atoms with Crippen molar-refractivity contribution in [3.63, 3.8) is 0 Å². The van der Waals surface area contributed by atoms with Gasteiger partial charge in [-0.15, -0.1) is 0 Å². The van der Waals surface area contributed by atoms with Gasteiger partial charge in [-0.3, -0.25) is 14.4 Å². The van der Waals surface area contributed by atoms with Crippen molar-refractivity contribution in [2.45, 2.75) is 46.0 Å². The van der Waals surface area contributed by atoms with Crippen LogP contribution in [0.25, 0.3) is 0 Å². The molecule has 0 unspecified atom stereocenters. The van der Waals surface area contributed by atoms with Crippen molar-refractivity contribution in [2.75, 3.05) is 24.6 Å². The van der Waals surface area contributed by atoms with Crippen LogP contribution in [-0.4, -0.2) is 48.0 Å². The van der Waals surface area contributed by atoms with Gasteiger partial charge in [-0.2, -0.15) is 5.10 Å². The highest BCUT2D eigenvalue weighted by atomic mass is 16.2. The fourth-order valence-corrected chi connectivity index (χ4v) is 3.37. The SMILES string of the molecule is Cc1ccc(C)c(N2N=C(C(=O)NCCCN3CCCC3=O)CCC2=O)c1. The number of amides is 3. The van der Waals surface area contributed by atoms with E-state index in [4.69, 9.17) is 0 Å². The molecule has 3 amide bonds. The van der Waals surface area contributed by atoms with Crippen LogP contribution >= 0.6 is 0 Å². The van der Waals surface area contributed by atoms with Crippen LogP contribution in [-0.2, 0) is 14.4 Å². The Labute approximate surface area is 159 Å². The predicted octanol–water partition coefficient (Wildman–Crippen LogP) is 1.91. The number of hydrogen-bond donors (Lipinski definition) is 1. The summed E-state index contributed by atoms with van der Waals surface area (Å²) in [5, 5.41) is 8.54. The van der Waals surface area contributed by atoms with Gasteiger partial charge in [0.1, 0.15) is 5.71 Å². The standard InChI is InChI=1S/C20H26N4O3/c1-14-6-7-15(2)17(13-14)24-19(26)9-8-16(22-24)20(27)21-10-4-12-23-11-3-5-18(23)25/h6-7,13H,3-5,8-12H2,1-2H3,(H,21,27). The van der Waals surface area contributed by atoms with Gasteiger partial charge in [0.2, 0.25) is 11.8 Å². The number of carbonyl (C=O) groups excluding carboxylic acids is 3. The molecule has 7 heteroatoms. The zero-order valence-electron chi connectivity index (χ0n) is 16.0. The lowest BCUT2D eigenvalue weighted by molar-refractivity contribution is -0.127. The molecule has 1 saturated heterocycles. The van der Waals surface area contributed by atoms with Crippen LogP contribution in [0.1, 0.15) is 43.2 Å². The second-order valence-electron chi connectivity index (χ2n) is 7.14. The molecule has 1 N–H and O–H groups in total. The third kappa shape index (κ3) is 4.53. The lowest BCUT2D eigenvalue weighted by Gasteiger charge is -2.25. The molecule has 2 aliphatic heterocycles. The fourth-order valence-electron chi connectivity index (χ4n) is 3.37. The first-order chi connectivity index (χ1) is 13.0. The quantitative estimate of drug-likeness (QED) is 0.777. The largest absolute Gasteiger partial charge is 0.351 e. The van der Waals surface area contributed by atoms with Crippen LogP contribution in [0.3, 0.4) is 0 Å². The third-order valence-corrected chi connectivity index (χ3v) is 4.95. The highest BCUT2D eigenvalue weighted by Crippen LogP contribution is 2.25. The summed E-state index contributed by atoms with van der Waals surface area (Å²) in [5.41, 5.74) is 3.06. The number of carbonyl (C=O) groups is 3. The Morgan fingerprint density at radius 1 is 1.15 bits per heavy atom. The summed E-state index contributed by atoms with van der Waals surface area (Å²) in [6.07, 6.45) is 2.87. The molecule has 0 radical (unpaired) electrons. The maximum absolute atomic E-state index is 12.4.